The zero-order chi connectivity index (χ0) is 26.3. The van der Waals surface area contributed by atoms with Crippen LogP contribution in [-0.4, -0.2) is 50.0 Å². The Bertz CT molecular complexity index is 1150. The lowest BCUT2D eigenvalue weighted by Gasteiger charge is -2.30. The van der Waals surface area contributed by atoms with Crippen LogP contribution >= 0.6 is 15.9 Å². The van der Waals surface area contributed by atoms with Crippen LogP contribution in [0.1, 0.15) is 50.3 Å². The molecular formula is C26H36BrN3O4S. The second-order valence-corrected chi connectivity index (χ2v) is 12.0. The first kappa shape index (κ1) is 28.8. The number of anilines is 1. The highest BCUT2D eigenvalue weighted by atomic mass is 79.9. The molecule has 9 heteroatoms. The van der Waals surface area contributed by atoms with Crippen LogP contribution in [0.2, 0.25) is 0 Å². The molecule has 0 aromatic heterocycles. The number of amides is 2. The van der Waals surface area contributed by atoms with Gasteiger partial charge in [-0.15, -0.1) is 0 Å². The van der Waals surface area contributed by atoms with Gasteiger partial charge in [0.25, 0.3) is 0 Å². The summed E-state index contributed by atoms with van der Waals surface area (Å²) in [5.41, 5.74) is 3.55. The van der Waals surface area contributed by atoms with Crippen LogP contribution in [0.3, 0.4) is 0 Å². The predicted octanol–water partition coefficient (Wildman–Crippen LogP) is 4.55. The third-order valence-electron chi connectivity index (χ3n) is 5.77. The van der Waals surface area contributed by atoms with Gasteiger partial charge in [0.2, 0.25) is 21.8 Å². The Balaban J connectivity index is 2.19. The lowest BCUT2D eigenvalue weighted by Crippen LogP contribution is -2.49. The maximum absolute atomic E-state index is 13.3. The number of sulfonamides is 1. The molecule has 0 spiro atoms. The smallest absolute Gasteiger partial charge is 0.242 e. The fourth-order valence-electron chi connectivity index (χ4n) is 3.70. The number of benzene rings is 2. The first-order valence-corrected chi connectivity index (χ1v) is 14.3. The molecule has 2 rings (SSSR count). The van der Waals surface area contributed by atoms with Crippen LogP contribution in [0, 0.1) is 13.8 Å². The van der Waals surface area contributed by atoms with E-state index in [0.29, 0.717) is 12.1 Å². The first-order valence-electron chi connectivity index (χ1n) is 11.7. The molecule has 0 saturated carbocycles. The molecule has 0 aliphatic carbocycles. The van der Waals surface area contributed by atoms with Crippen LogP contribution in [0.15, 0.2) is 46.9 Å². The molecule has 0 aliphatic heterocycles. The molecule has 1 N–H and O–H groups in total. The number of aryl methyl sites for hydroxylation is 2. The highest BCUT2D eigenvalue weighted by molar-refractivity contribution is 9.10. The number of hydrogen-bond acceptors (Lipinski definition) is 4. The summed E-state index contributed by atoms with van der Waals surface area (Å²) in [6.45, 7) is 9.81. The zero-order valence-corrected chi connectivity index (χ0v) is 23.7. The molecule has 2 aromatic rings. The van der Waals surface area contributed by atoms with E-state index in [1.165, 1.54) is 10.6 Å². The zero-order valence-electron chi connectivity index (χ0n) is 21.3. The number of carbonyl (C=O) groups excluding carboxylic acids is 2. The maximum Gasteiger partial charge on any atom is 0.242 e. The topological polar surface area (TPSA) is 86.8 Å². The van der Waals surface area contributed by atoms with E-state index in [0.717, 1.165) is 21.2 Å². The summed E-state index contributed by atoms with van der Waals surface area (Å²) in [5.74, 6) is -0.429. The van der Waals surface area contributed by atoms with Gasteiger partial charge < -0.3 is 10.2 Å². The quantitative estimate of drug-likeness (QED) is 0.433. The van der Waals surface area contributed by atoms with E-state index in [2.05, 4.69) is 21.2 Å². The van der Waals surface area contributed by atoms with E-state index in [9.17, 15) is 18.0 Å². The number of nitrogens with one attached hydrogen (secondary N) is 1. The predicted molar refractivity (Wildman–Crippen MR) is 145 cm³/mol. The summed E-state index contributed by atoms with van der Waals surface area (Å²) in [4.78, 5) is 27.6. The fourth-order valence-corrected chi connectivity index (χ4v) is 5.11. The van der Waals surface area contributed by atoms with E-state index in [4.69, 9.17) is 0 Å². The minimum atomic E-state index is -3.52. The molecule has 2 aromatic carbocycles. The summed E-state index contributed by atoms with van der Waals surface area (Å²) in [6, 6.07) is 12.4. The molecule has 0 radical (unpaired) electrons. The van der Waals surface area contributed by atoms with Crippen LogP contribution in [0.25, 0.3) is 0 Å². The SMILES string of the molecule is Cc1ccc(N(CCCC(=O)N(Cc2cccc(Br)c2)[C@H](C)C(=O)NC(C)C)S(C)(=O)=O)cc1C. The average Bonchev–Trinajstić information content (AvgIpc) is 2.75. The average molecular weight is 567 g/mol. The van der Waals surface area contributed by atoms with Gasteiger partial charge in [0.1, 0.15) is 6.04 Å². The van der Waals surface area contributed by atoms with Gasteiger partial charge in [0, 0.05) is 30.0 Å². The largest absolute Gasteiger partial charge is 0.352 e. The van der Waals surface area contributed by atoms with Crippen molar-refractivity contribution in [2.75, 3.05) is 17.1 Å². The van der Waals surface area contributed by atoms with Gasteiger partial charge in [0.05, 0.1) is 11.9 Å². The fraction of sp³-hybridized carbons (Fsp3) is 0.462. The van der Waals surface area contributed by atoms with Gasteiger partial charge >= 0.3 is 0 Å². The molecule has 0 unspecified atom stereocenters. The Hall–Kier alpha value is -2.39. The minimum absolute atomic E-state index is 0.0472. The van der Waals surface area contributed by atoms with E-state index in [-0.39, 0.29) is 37.4 Å². The second-order valence-electron chi connectivity index (χ2n) is 9.20. The van der Waals surface area contributed by atoms with Crippen molar-refractivity contribution in [1.82, 2.24) is 10.2 Å². The summed E-state index contributed by atoms with van der Waals surface area (Å²) in [7, 11) is -3.52. The monoisotopic (exact) mass is 565 g/mol. The molecule has 192 valence electrons. The lowest BCUT2D eigenvalue weighted by molar-refractivity contribution is -0.140. The molecule has 35 heavy (non-hydrogen) atoms. The van der Waals surface area contributed by atoms with Crippen molar-refractivity contribution in [3.8, 4) is 0 Å². The lowest BCUT2D eigenvalue weighted by atomic mass is 10.1. The number of carbonyl (C=O) groups is 2. The van der Waals surface area contributed by atoms with Gasteiger partial charge in [-0.1, -0.05) is 34.1 Å². The van der Waals surface area contributed by atoms with E-state index in [1.54, 1.807) is 17.9 Å². The third-order valence-corrected chi connectivity index (χ3v) is 7.46. The van der Waals surface area contributed by atoms with Gasteiger partial charge in [-0.25, -0.2) is 8.42 Å². The van der Waals surface area contributed by atoms with E-state index >= 15 is 0 Å². The number of nitrogens with zero attached hydrogens (tertiary/aromatic N) is 2. The third kappa shape index (κ3) is 8.65. The number of halogens is 1. The van der Waals surface area contributed by atoms with Crippen molar-refractivity contribution in [2.24, 2.45) is 0 Å². The summed E-state index contributed by atoms with van der Waals surface area (Å²) < 4.78 is 27.2. The second kappa shape index (κ2) is 12.5. The standard InChI is InChI=1S/C26H36BrN3O4S/c1-18(2)28-26(32)21(5)29(17-22-9-7-10-23(27)16-22)25(31)11-8-14-30(35(6,33)34)24-13-12-19(3)20(4)15-24/h7,9-10,12-13,15-16,18,21H,8,11,14,17H2,1-6H3,(H,28,32)/t21-/m1/s1. The van der Waals surface area contributed by atoms with Crippen molar-refractivity contribution in [3.63, 3.8) is 0 Å². The Morgan fingerprint density at radius 1 is 1.03 bits per heavy atom. The van der Waals surface area contributed by atoms with Crippen molar-refractivity contribution >= 4 is 43.5 Å². The van der Waals surface area contributed by atoms with Crippen LogP contribution in [0.4, 0.5) is 5.69 Å². The van der Waals surface area contributed by atoms with Gasteiger partial charge in [-0.3, -0.25) is 13.9 Å². The summed E-state index contributed by atoms with van der Waals surface area (Å²) in [5, 5.41) is 2.87. The Morgan fingerprint density at radius 2 is 1.71 bits per heavy atom. The molecule has 1 atom stereocenters. The number of rotatable bonds is 11. The molecule has 0 fully saturated rings. The van der Waals surface area contributed by atoms with Gasteiger partial charge in [-0.2, -0.15) is 0 Å². The van der Waals surface area contributed by atoms with E-state index < -0.39 is 16.1 Å². The van der Waals surface area contributed by atoms with Gasteiger partial charge in [-0.05, 0) is 82.0 Å². The van der Waals surface area contributed by atoms with Crippen LogP contribution in [-0.2, 0) is 26.2 Å². The first-order chi connectivity index (χ1) is 16.3. The van der Waals surface area contributed by atoms with Crippen LogP contribution < -0.4 is 9.62 Å². The molecule has 7 nitrogen and oxygen atoms in total. The molecule has 0 bridgehead atoms. The molecule has 0 saturated heterocycles. The van der Waals surface area contributed by atoms with Crippen LogP contribution in [0.5, 0.6) is 0 Å². The highest BCUT2D eigenvalue weighted by Crippen LogP contribution is 2.22. The Labute approximate surface area is 218 Å². The molecular weight excluding hydrogens is 530 g/mol. The summed E-state index contributed by atoms with van der Waals surface area (Å²) in [6.07, 6.45) is 1.61. The Morgan fingerprint density at radius 3 is 2.29 bits per heavy atom. The molecule has 2 amide bonds. The number of hydrogen-bond donors (Lipinski definition) is 1. The minimum Gasteiger partial charge on any atom is -0.352 e. The molecule has 0 aliphatic rings. The van der Waals surface area contributed by atoms with E-state index in [1.807, 2.05) is 64.1 Å². The molecule has 0 heterocycles. The van der Waals surface area contributed by atoms with Crippen molar-refractivity contribution < 1.29 is 18.0 Å². The highest BCUT2D eigenvalue weighted by Gasteiger charge is 2.27. The summed E-state index contributed by atoms with van der Waals surface area (Å²) >= 11 is 3.45. The van der Waals surface area contributed by atoms with Crippen molar-refractivity contribution in [1.29, 1.82) is 0 Å². The van der Waals surface area contributed by atoms with Crippen molar-refractivity contribution in [3.05, 3.63) is 63.6 Å². The maximum atomic E-state index is 13.3. The van der Waals surface area contributed by atoms with Gasteiger partial charge in [0.15, 0.2) is 0 Å². The normalized spacial score (nSPS) is 12.3. The Kier molecular flexibility index (Phi) is 10.3. The van der Waals surface area contributed by atoms with Crippen molar-refractivity contribution in [2.45, 2.75) is 66.1 Å².